The number of hydrogen-bond donors (Lipinski definition) is 3. The number of aromatic amines is 1. The monoisotopic (exact) mass is 267 g/mol. The summed E-state index contributed by atoms with van der Waals surface area (Å²) >= 11 is 0. The number of H-pyrrole nitrogens is 1. The Bertz CT molecular complexity index is 385. The van der Waals surface area contributed by atoms with Gasteiger partial charge < -0.3 is 15.4 Å². The van der Waals surface area contributed by atoms with Crippen LogP contribution in [0.25, 0.3) is 0 Å². The molecule has 2 atom stereocenters. The van der Waals surface area contributed by atoms with Crippen LogP contribution in [0, 0.1) is 0 Å². The van der Waals surface area contributed by atoms with E-state index in [2.05, 4.69) is 39.6 Å². The Balaban J connectivity index is 1.64. The minimum atomic E-state index is -0.212. The van der Waals surface area contributed by atoms with Gasteiger partial charge in [0.15, 0.2) is 0 Å². The molecule has 2 rings (SSSR count). The molecule has 0 radical (unpaired) electrons. The molecule has 19 heavy (non-hydrogen) atoms. The molecule has 106 valence electrons. The van der Waals surface area contributed by atoms with E-state index in [1.165, 1.54) is 0 Å². The van der Waals surface area contributed by atoms with Gasteiger partial charge in [0.2, 0.25) is 0 Å². The van der Waals surface area contributed by atoms with Crippen LogP contribution in [-0.2, 0) is 4.74 Å². The third kappa shape index (κ3) is 4.53. The summed E-state index contributed by atoms with van der Waals surface area (Å²) in [4.78, 5) is 13.9. The maximum atomic E-state index is 11.6. The fraction of sp³-hybridized carbons (Fsp3) is 0.667. The SMILES string of the molecule is C[C@@H]1CN(CCNC(=O)Nc2cn[nH]c2)C[C@H](C)O1. The van der Waals surface area contributed by atoms with Gasteiger partial charge in [-0.15, -0.1) is 0 Å². The molecule has 7 nitrogen and oxygen atoms in total. The molecule has 3 N–H and O–H groups in total. The molecular formula is C12H21N5O2. The van der Waals surface area contributed by atoms with Crippen LogP contribution in [0.15, 0.2) is 12.4 Å². The second kappa shape index (κ2) is 6.53. The summed E-state index contributed by atoms with van der Waals surface area (Å²) in [5.74, 6) is 0. The van der Waals surface area contributed by atoms with Crippen molar-refractivity contribution < 1.29 is 9.53 Å². The van der Waals surface area contributed by atoms with E-state index in [4.69, 9.17) is 4.74 Å². The third-order valence-corrected chi connectivity index (χ3v) is 2.96. The molecule has 0 bridgehead atoms. The number of aromatic nitrogens is 2. The number of ether oxygens (including phenoxy) is 1. The fourth-order valence-electron chi connectivity index (χ4n) is 2.29. The molecule has 0 unspecified atom stereocenters. The molecule has 0 spiro atoms. The van der Waals surface area contributed by atoms with E-state index in [-0.39, 0.29) is 18.2 Å². The Morgan fingerprint density at radius 2 is 2.26 bits per heavy atom. The van der Waals surface area contributed by atoms with Gasteiger partial charge in [0, 0.05) is 32.4 Å². The highest BCUT2D eigenvalue weighted by molar-refractivity contribution is 5.88. The quantitative estimate of drug-likeness (QED) is 0.747. The number of urea groups is 1. The minimum Gasteiger partial charge on any atom is -0.373 e. The number of hydrogen-bond acceptors (Lipinski definition) is 4. The first-order valence-electron chi connectivity index (χ1n) is 6.55. The predicted molar refractivity (Wildman–Crippen MR) is 72.1 cm³/mol. The lowest BCUT2D eigenvalue weighted by Crippen LogP contribution is -2.48. The standard InChI is InChI=1S/C12H21N5O2/c1-9-7-17(8-10(2)19-9)4-3-13-12(18)16-11-5-14-15-6-11/h5-6,9-10H,3-4,7-8H2,1-2H3,(H,14,15)(H2,13,16,18)/t9-,10+. The van der Waals surface area contributed by atoms with E-state index in [1.54, 1.807) is 12.4 Å². The first-order chi connectivity index (χ1) is 9.13. The molecule has 1 fully saturated rings. The molecule has 1 aliphatic heterocycles. The van der Waals surface area contributed by atoms with Crippen LogP contribution in [0.2, 0.25) is 0 Å². The van der Waals surface area contributed by atoms with Crippen molar-refractivity contribution in [2.75, 3.05) is 31.5 Å². The van der Waals surface area contributed by atoms with Crippen molar-refractivity contribution in [2.45, 2.75) is 26.1 Å². The Hall–Kier alpha value is -1.60. The lowest BCUT2D eigenvalue weighted by atomic mass is 10.2. The van der Waals surface area contributed by atoms with Gasteiger partial charge in [0.1, 0.15) is 0 Å². The lowest BCUT2D eigenvalue weighted by Gasteiger charge is -2.35. The zero-order valence-corrected chi connectivity index (χ0v) is 11.3. The summed E-state index contributed by atoms with van der Waals surface area (Å²) in [7, 11) is 0. The number of nitrogens with one attached hydrogen (secondary N) is 3. The molecular weight excluding hydrogens is 246 g/mol. The number of carbonyl (C=O) groups excluding carboxylic acids is 1. The van der Waals surface area contributed by atoms with E-state index in [0.29, 0.717) is 12.2 Å². The van der Waals surface area contributed by atoms with Gasteiger partial charge in [-0.1, -0.05) is 0 Å². The Morgan fingerprint density at radius 1 is 1.53 bits per heavy atom. The fourth-order valence-corrected chi connectivity index (χ4v) is 2.29. The van der Waals surface area contributed by atoms with Gasteiger partial charge in [-0.25, -0.2) is 4.79 Å². The number of morpholine rings is 1. The summed E-state index contributed by atoms with van der Waals surface area (Å²) < 4.78 is 5.66. The van der Waals surface area contributed by atoms with Crippen LogP contribution < -0.4 is 10.6 Å². The Kier molecular flexibility index (Phi) is 4.75. The third-order valence-electron chi connectivity index (χ3n) is 2.96. The maximum Gasteiger partial charge on any atom is 0.319 e. The van der Waals surface area contributed by atoms with E-state index in [0.717, 1.165) is 19.6 Å². The Labute approximate surface area is 112 Å². The highest BCUT2D eigenvalue weighted by atomic mass is 16.5. The molecule has 1 aliphatic rings. The topological polar surface area (TPSA) is 82.3 Å². The van der Waals surface area contributed by atoms with Crippen LogP contribution in [-0.4, -0.2) is 59.5 Å². The minimum absolute atomic E-state index is 0.212. The average Bonchev–Trinajstić information content (AvgIpc) is 2.80. The second-order valence-electron chi connectivity index (χ2n) is 4.88. The van der Waals surface area contributed by atoms with Crippen LogP contribution in [0.5, 0.6) is 0 Å². The van der Waals surface area contributed by atoms with Crippen molar-refractivity contribution >= 4 is 11.7 Å². The summed E-state index contributed by atoms with van der Waals surface area (Å²) in [6.07, 6.45) is 3.70. The first kappa shape index (κ1) is 13.8. The van der Waals surface area contributed by atoms with Crippen LogP contribution in [0.1, 0.15) is 13.8 Å². The van der Waals surface area contributed by atoms with Crippen molar-refractivity contribution in [1.29, 1.82) is 0 Å². The second-order valence-corrected chi connectivity index (χ2v) is 4.88. The molecule has 2 heterocycles. The molecule has 1 aromatic heterocycles. The van der Waals surface area contributed by atoms with E-state index in [1.807, 2.05) is 0 Å². The van der Waals surface area contributed by atoms with Gasteiger partial charge in [0.25, 0.3) is 0 Å². The van der Waals surface area contributed by atoms with Crippen LogP contribution in [0.3, 0.4) is 0 Å². The van der Waals surface area contributed by atoms with Gasteiger partial charge in [0.05, 0.1) is 24.1 Å². The van der Waals surface area contributed by atoms with Crippen molar-refractivity contribution in [3.8, 4) is 0 Å². The molecule has 1 aromatic rings. The molecule has 2 amide bonds. The van der Waals surface area contributed by atoms with Crippen LogP contribution >= 0.6 is 0 Å². The van der Waals surface area contributed by atoms with Gasteiger partial charge in [-0.2, -0.15) is 5.10 Å². The number of amides is 2. The first-order valence-corrected chi connectivity index (χ1v) is 6.55. The van der Waals surface area contributed by atoms with Gasteiger partial charge in [-0.3, -0.25) is 10.00 Å². The zero-order valence-electron chi connectivity index (χ0n) is 11.3. The smallest absolute Gasteiger partial charge is 0.319 e. The van der Waals surface area contributed by atoms with Gasteiger partial charge >= 0.3 is 6.03 Å². The summed E-state index contributed by atoms with van der Waals surface area (Å²) in [5, 5.41) is 11.9. The van der Waals surface area contributed by atoms with E-state index < -0.39 is 0 Å². The lowest BCUT2D eigenvalue weighted by molar-refractivity contribution is -0.0672. The largest absolute Gasteiger partial charge is 0.373 e. The van der Waals surface area contributed by atoms with E-state index >= 15 is 0 Å². The van der Waals surface area contributed by atoms with Crippen LogP contribution in [0.4, 0.5) is 10.5 Å². The summed E-state index contributed by atoms with van der Waals surface area (Å²) in [5.41, 5.74) is 0.658. The average molecular weight is 267 g/mol. The molecule has 1 saturated heterocycles. The van der Waals surface area contributed by atoms with Crippen molar-refractivity contribution in [2.24, 2.45) is 0 Å². The zero-order chi connectivity index (χ0) is 13.7. The number of carbonyl (C=O) groups is 1. The highest BCUT2D eigenvalue weighted by Crippen LogP contribution is 2.09. The number of nitrogens with zero attached hydrogens (tertiary/aromatic N) is 2. The summed E-state index contributed by atoms with van der Waals surface area (Å²) in [6, 6.07) is -0.212. The molecule has 7 heteroatoms. The maximum absolute atomic E-state index is 11.6. The van der Waals surface area contributed by atoms with Crippen molar-refractivity contribution in [3.05, 3.63) is 12.4 Å². The molecule has 0 saturated carbocycles. The number of rotatable bonds is 4. The molecule has 0 aromatic carbocycles. The normalized spacial score (nSPS) is 24.1. The predicted octanol–water partition coefficient (Wildman–Crippen LogP) is 0.640. The number of anilines is 1. The van der Waals surface area contributed by atoms with Gasteiger partial charge in [-0.05, 0) is 13.8 Å². The van der Waals surface area contributed by atoms with E-state index in [9.17, 15) is 4.79 Å². The molecule has 0 aliphatic carbocycles. The van der Waals surface area contributed by atoms with Crippen molar-refractivity contribution in [3.63, 3.8) is 0 Å². The summed E-state index contributed by atoms with van der Waals surface area (Å²) in [6.45, 7) is 7.41. The Morgan fingerprint density at radius 3 is 2.89 bits per heavy atom. The van der Waals surface area contributed by atoms with Crippen molar-refractivity contribution in [1.82, 2.24) is 20.4 Å². The highest BCUT2D eigenvalue weighted by Gasteiger charge is 2.21.